The van der Waals surface area contributed by atoms with Gasteiger partial charge in [-0.1, -0.05) is 54.5 Å². The van der Waals surface area contributed by atoms with E-state index in [1.54, 1.807) is 0 Å². The van der Waals surface area contributed by atoms with Crippen LogP contribution in [0.2, 0.25) is 0 Å². The predicted molar refractivity (Wildman–Crippen MR) is 108 cm³/mol. The highest BCUT2D eigenvalue weighted by atomic mass is 16.5. The van der Waals surface area contributed by atoms with Gasteiger partial charge in [0, 0.05) is 34.8 Å². The number of rotatable bonds is 5. The van der Waals surface area contributed by atoms with Crippen molar-refractivity contribution in [1.82, 2.24) is 10.1 Å². The topological polar surface area (TPSA) is 64.9 Å². The van der Waals surface area contributed by atoms with Crippen LogP contribution >= 0.6 is 0 Å². The van der Waals surface area contributed by atoms with Gasteiger partial charge in [0.2, 0.25) is 0 Å². The van der Waals surface area contributed by atoms with Crippen molar-refractivity contribution in [2.24, 2.45) is 5.73 Å². The van der Waals surface area contributed by atoms with Crippen LogP contribution in [0.1, 0.15) is 35.5 Å². The number of nitrogens with zero attached hydrogens (tertiary/aromatic N) is 2. The first kappa shape index (κ1) is 17.4. The Balaban J connectivity index is 1.73. The molecule has 0 amide bonds. The Morgan fingerprint density at radius 2 is 1.78 bits per heavy atom. The van der Waals surface area contributed by atoms with Crippen molar-refractivity contribution in [2.75, 3.05) is 0 Å². The molecule has 2 aromatic heterocycles. The lowest BCUT2D eigenvalue weighted by Gasteiger charge is -2.17. The molecule has 0 saturated carbocycles. The normalized spacial score (nSPS) is 12.4. The molecule has 0 spiro atoms. The molecule has 4 rings (SSSR count). The van der Waals surface area contributed by atoms with Gasteiger partial charge in [0.1, 0.15) is 5.69 Å². The summed E-state index contributed by atoms with van der Waals surface area (Å²) in [6, 6.07) is 20.1. The van der Waals surface area contributed by atoms with Gasteiger partial charge in [-0.2, -0.15) is 0 Å². The fraction of sp³-hybridized carbons (Fsp3) is 0.217. The summed E-state index contributed by atoms with van der Waals surface area (Å²) in [4.78, 5) is 4.78. The minimum absolute atomic E-state index is 0.171. The molecular formula is C23H23N3O. The van der Waals surface area contributed by atoms with Crippen LogP contribution in [0.15, 0.2) is 65.2 Å². The SMILES string of the molecule is CCc1ccc(C)c(C[C@H](N)c2ccccc2-c2noc3ccccc23)n1. The van der Waals surface area contributed by atoms with Crippen LogP contribution in [0.4, 0.5) is 0 Å². The number of nitrogens with two attached hydrogens (primary N) is 1. The highest BCUT2D eigenvalue weighted by molar-refractivity contribution is 5.92. The van der Waals surface area contributed by atoms with Crippen LogP contribution < -0.4 is 5.73 Å². The zero-order chi connectivity index (χ0) is 18.8. The summed E-state index contributed by atoms with van der Waals surface area (Å²) in [5.74, 6) is 0. The number of fused-ring (bicyclic) bond motifs is 1. The number of hydrogen-bond acceptors (Lipinski definition) is 4. The maximum Gasteiger partial charge on any atom is 0.167 e. The Morgan fingerprint density at radius 1 is 1.00 bits per heavy atom. The van der Waals surface area contributed by atoms with Crippen LogP contribution in [0, 0.1) is 6.92 Å². The van der Waals surface area contributed by atoms with E-state index in [1.165, 1.54) is 5.56 Å². The molecule has 4 aromatic rings. The maximum atomic E-state index is 6.64. The summed E-state index contributed by atoms with van der Waals surface area (Å²) in [5.41, 5.74) is 13.7. The molecule has 0 fully saturated rings. The fourth-order valence-corrected chi connectivity index (χ4v) is 3.45. The van der Waals surface area contributed by atoms with E-state index in [-0.39, 0.29) is 6.04 Å². The van der Waals surface area contributed by atoms with Gasteiger partial charge >= 0.3 is 0 Å². The third kappa shape index (κ3) is 3.36. The van der Waals surface area contributed by atoms with E-state index in [4.69, 9.17) is 15.2 Å². The van der Waals surface area contributed by atoms with Crippen LogP contribution in [-0.4, -0.2) is 10.1 Å². The monoisotopic (exact) mass is 357 g/mol. The molecule has 2 N–H and O–H groups in total. The minimum atomic E-state index is -0.171. The Morgan fingerprint density at radius 3 is 2.63 bits per heavy atom. The highest BCUT2D eigenvalue weighted by Crippen LogP contribution is 2.33. The first-order valence-corrected chi connectivity index (χ1v) is 9.32. The molecule has 4 nitrogen and oxygen atoms in total. The van der Waals surface area contributed by atoms with E-state index in [9.17, 15) is 0 Å². The van der Waals surface area contributed by atoms with Crippen molar-refractivity contribution in [2.45, 2.75) is 32.7 Å². The molecule has 0 aliphatic rings. The number of benzene rings is 2. The molecule has 0 radical (unpaired) electrons. The van der Waals surface area contributed by atoms with E-state index in [2.05, 4.69) is 43.3 Å². The zero-order valence-electron chi connectivity index (χ0n) is 15.6. The van der Waals surface area contributed by atoms with Crippen molar-refractivity contribution in [3.63, 3.8) is 0 Å². The molecular weight excluding hydrogens is 334 g/mol. The number of aromatic nitrogens is 2. The summed E-state index contributed by atoms with van der Waals surface area (Å²) in [7, 11) is 0. The van der Waals surface area contributed by atoms with Gasteiger partial charge in [-0.25, -0.2) is 0 Å². The van der Waals surface area contributed by atoms with Gasteiger partial charge in [0.15, 0.2) is 5.58 Å². The first-order chi connectivity index (χ1) is 13.2. The summed E-state index contributed by atoms with van der Waals surface area (Å²) < 4.78 is 5.50. The molecule has 4 heteroatoms. The Kier molecular flexibility index (Phi) is 4.73. The number of hydrogen-bond donors (Lipinski definition) is 1. The quantitative estimate of drug-likeness (QED) is 0.546. The fourth-order valence-electron chi connectivity index (χ4n) is 3.45. The van der Waals surface area contributed by atoms with E-state index >= 15 is 0 Å². The second kappa shape index (κ2) is 7.33. The Hall–Kier alpha value is -2.98. The van der Waals surface area contributed by atoms with Gasteiger partial charge in [-0.3, -0.25) is 4.98 Å². The van der Waals surface area contributed by atoms with Gasteiger partial charge in [0.05, 0.1) is 0 Å². The van der Waals surface area contributed by atoms with Gasteiger partial charge in [-0.15, -0.1) is 0 Å². The predicted octanol–water partition coefficient (Wildman–Crippen LogP) is 5.00. The van der Waals surface area contributed by atoms with Crippen LogP contribution in [0.5, 0.6) is 0 Å². The van der Waals surface area contributed by atoms with Crippen LogP contribution in [0.3, 0.4) is 0 Å². The lowest BCUT2D eigenvalue weighted by molar-refractivity contribution is 0.459. The maximum absolute atomic E-state index is 6.64. The van der Waals surface area contributed by atoms with Crippen molar-refractivity contribution >= 4 is 11.0 Å². The molecule has 27 heavy (non-hydrogen) atoms. The zero-order valence-corrected chi connectivity index (χ0v) is 15.6. The molecule has 0 saturated heterocycles. The second-order valence-electron chi connectivity index (χ2n) is 6.84. The molecule has 0 aliphatic heterocycles. The van der Waals surface area contributed by atoms with E-state index < -0.39 is 0 Å². The average Bonchev–Trinajstić information content (AvgIpc) is 3.13. The van der Waals surface area contributed by atoms with Crippen LogP contribution in [-0.2, 0) is 12.8 Å². The molecule has 136 valence electrons. The summed E-state index contributed by atoms with van der Waals surface area (Å²) >= 11 is 0. The van der Waals surface area contributed by atoms with Crippen molar-refractivity contribution in [3.8, 4) is 11.3 Å². The third-order valence-corrected chi connectivity index (χ3v) is 5.03. The third-order valence-electron chi connectivity index (χ3n) is 5.03. The van der Waals surface area contributed by atoms with Gasteiger partial charge < -0.3 is 10.3 Å². The standard InChI is InChI=1S/C23H23N3O/c1-3-16-13-12-15(2)21(25-16)14-20(24)17-8-4-5-9-18(17)23-19-10-6-7-11-22(19)27-26-23/h4-13,20H,3,14,24H2,1-2H3/t20-/m0/s1. The molecule has 1 atom stereocenters. The minimum Gasteiger partial charge on any atom is -0.356 e. The Labute approximate surface area is 159 Å². The first-order valence-electron chi connectivity index (χ1n) is 9.32. The summed E-state index contributed by atoms with van der Waals surface area (Å²) in [6.07, 6.45) is 1.61. The number of aryl methyl sites for hydroxylation is 2. The molecule has 2 aromatic carbocycles. The molecule has 0 aliphatic carbocycles. The second-order valence-corrected chi connectivity index (χ2v) is 6.84. The van der Waals surface area contributed by atoms with Crippen LogP contribution in [0.25, 0.3) is 22.2 Å². The van der Waals surface area contributed by atoms with E-state index in [0.717, 1.165) is 45.6 Å². The molecule has 0 bridgehead atoms. The molecule has 2 heterocycles. The van der Waals surface area contributed by atoms with Gasteiger partial charge in [0.25, 0.3) is 0 Å². The Bertz CT molecular complexity index is 1080. The molecule has 0 unspecified atom stereocenters. The van der Waals surface area contributed by atoms with Crippen molar-refractivity contribution in [1.29, 1.82) is 0 Å². The summed E-state index contributed by atoms with van der Waals surface area (Å²) in [5, 5.41) is 5.31. The highest BCUT2D eigenvalue weighted by Gasteiger charge is 2.18. The number of pyridine rings is 1. The number of para-hydroxylation sites is 1. The lowest BCUT2D eigenvalue weighted by atomic mass is 9.93. The van der Waals surface area contributed by atoms with Crippen molar-refractivity contribution in [3.05, 3.63) is 83.2 Å². The van der Waals surface area contributed by atoms with Crippen molar-refractivity contribution < 1.29 is 4.52 Å². The average molecular weight is 357 g/mol. The summed E-state index contributed by atoms with van der Waals surface area (Å²) in [6.45, 7) is 4.21. The smallest absolute Gasteiger partial charge is 0.167 e. The van der Waals surface area contributed by atoms with E-state index in [1.807, 2.05) is 36.4 Å². The lowest BCUT2D eigenvalue weighted by Crippen LogP contribution is -2.16. The van der Waals surface area contributed by atoms with E-state index in [0.29, 0.717) is 6.42 Å². The largest absolute Gasteiger partial charge is 0.356 e. The van der Waals surface area contributed by atoms with Gasteiger partial charge in [-0.05, 0) is 42.7 Å².